The zero-order valence-electron chi connectivity index (χ0n) is 21.0. The normalized spacial score (nSPS) is 13.1. The molecule has 0 fully saturated rings. The maximum Gasteiger partial charge on any atom is 1.00 e. The standard InChI is InChI=1S/C24H26FNO4.2Na.2H/c1-15(2)26-21-6-4-3-5-20(21)24(16-7-9-17(25)10-8-16)22(26)12-11-18(27)13-19(28)14-23(29)30;;;;/h3-12,15,18-19,27-28H,13-14H2,1-2H3,(H,29,30);;;;/q;2*+1;2*-1/b12-11+;;;;. The number of carbonyl (C=O) groups is 1. The van der Waals surface area contributed by atoms with Crippen LogP contribution in [0.2, 0.25) is 0 Å². The number of hydrogen-bond donors (Lipinski definition) is 3. The topological polar surface area (TPSA) is 82.7 Å². The molecule has 8 heteroatoms. The van der Waals surface area contributed by atoms with Crippen molar-refractivity contribution >= 4 is 22.9 Å². The average Bonchev–Trinajstić information content (AvgIpc) is 3.00. The zero-order valence-corrected chi connectivity index (χ0v) is 23.0. The van der Waals surface area contributed by atoms with Gasteiger partial charge in [-0.2, -0.15) is 0 Å². The molecular formula is C24H28FNNa2O4. The number of aliphatic hydroxyl groups excluding tert-OH is 2. The molecule has 0 spiro atoms. The summed E-state index contributed by atoms with van der Waals surface area (Å²) in [7, 11) is 0. The third-order valence-electron chi connectivity index (χ3n) is 5.00. The van der Waals surface area contributed by atoms with E-state index in [1.807, 2.05) is 24.3 Å². The number of hydrogen-bond acceptors (Lipinski definition) is 3. The number of aromatic nitrogens is 1. The monoisotopic (exact) mass is 459 g/mol. The summed E-state index contributed by atoms with van der Waals surface area (Å²) in [4.78, 5) is 10.7. The van der Waals surface area contributed by atoms with Crippen LogP contribution in [-0.2, 0) is 4.79 Å². The summed E-state index contributed by atoms with van der Waals surface area (Å²) in [5.74, 6) is -1.43. The summed E-state index contributed by atoms with van der Waals surface area (Å²) in [6.07, 6.45) is 0.727. The maximum absolute atomic E-state index is 13.5. The molecule has 2 atom stereocenters. The molecule has 0 amide bonds. The summed E-state index contributed by atoms with van der Waals surface area (Å²) < 4.78 is 15.6. The van der Waals surface area contributed by atoms with Gasteiger partial charge in [0.1, 0.15) is 5.82 Å². The minimum atomic E-state index is -1.13. The summed E-state index contributed by atoms with van der Waals surface area (Å²) in [5.41, 5.74) is 3.65. The molecule has 5 nitrogen and oxygen atoms in total. The Morgan fingerprint density at radius 2 is 1.72 bits per heavy atom. The van der Waals surface area contributed by atoms with Gasteiger partial charge in [-0.3, -0.25) is 4.79 Å². The van der Waals surface area contributed by atoms with Crippen LogP contribution in [0.1, 0.15) is 41.3 Å². The second-order valence-electron chi connectivity index (χ2n) is 7.66. The Kier molecular flexibility index (Phi) is 11.9. The van der Waals surface area contributed by atoms with Crippen molar-refractivity contribution in [3.05, 3.63) is 66.1 Å². The number of fused-ring (bicyclic) bond motifs is 1. The molecular weight excluding hydrogens is 431 g/mol. The van der Waals surface area contributed by atoms with Crippen LogP contribution in [0.5, 0.6) is 0 Å². The van der Waals surface area contributed by atoms with Gasteiger partial charge in [0.15, 0.2) is 0 Å². The maximum atomic E-state index is 13.5. The molecule has 0 aliphatic heterocycles. The van der Waals surface area contributed by atoms with Gasteiger partial charge in [-0.05, 0) is 43.7 Å². The van der Waals surface area contributed by atoms with Gasteiger partial charge in [0.05, 0.1) is 18.6 Å². The quantitative estimate of drug-likeness (QED) is 0.372. The van der Waals surface area contributed by atoms with Crippen LogP contribution >= 0.6 is 0 Å². The number of aliphatic hydroxyl groups is 2. The molecule has 0 aliphatic carbocycles. The van der Waals surface area contributed by atoms with Gasteiger partial charge in [-0.1, -0.05) is 36.4 Å². The van der Waals surface area contributed by atoms with Crippen molar-refractivity contribution in [2.45, 2.75) is 44.9 Å². The first-order chi connectivity index (χ1) is 14.3. The minimum Gasteiger partial charge on any atom is -1.00 e. The number of halogens is 1. The fourth-order valence-electron chi connectivity index (χ4n) is 3.77. The summed E-state index contributed by atoms with van der Waals surface area (Å²) >= 11 is 0. The Balaban J connectivity index is 0. The van der Waals surface area contributed by atoms with Gasteiger partial charge < -0.3 is 22.7 Å². The molecule has 0 aliphatic rings. The second-order valence-corrected chi connectivity index (χ2v) is 7.66. The van der Waals surface area contributed by atoms with E-state index in [1.54, 1.807) is 24.3 Å². The smallest absolute Gasteiger partial charge is 1.00 e. The fraction of sp³-hybridized carbons (Fsp3) is 0.292. The molecule has 0 bridgehead atoms. The van der Waals surface area contributed by atoms with E-state index in [-0.39, 0.29) is 80.2 Å². The summed E-state index contributed by atoms with van der Waals surface area (Å²) in [6.45, 7) is 4.12. The first-order valence-electron chi connectivity index (χ1n) is 9.93. The first-order valence-corrected chi connectivity index (χ1v) is 9.93. The van der Waals surface area contributed by atoms with Crippen molar-refractivity contribution in [3.63, 3.8) is 0 Å². The van der Waals surface area contributed by atoms with Crippen molar-refractivity contribution in [2.24, 2.45) is 0 Å². The van der Waals surface area contributed by atoms with E-state index in [0.717, 1.165) is 27.7 Å². The van der Waals surface area contributed by atoms with Gasteiger partial charge in [0.25, 0.3) is 0 Å². The van der Waals surface area contributed by atoms with E-state index >= 15 is 0 Å². The Morgan fingerprint density at radius 1 is 1.09 bits per heavy atom. The predicted molar refractivity (Wildman–Crippen MR) is 118 cm³/mol. The number of carboxylic acid groups (broad SMARTS) is 1. The molecule has 32 heavy (non-hydrogen) atoms. The van der Waals surface area contributed by atoms with Crippen molar-refractivity contribution in [1.29, 1.82) is 0 Å². The molecule has 0 radical (unpaired) electrons. The summed E-state index contributed by atoms with van der Waals surface area (Å²) in [5, 5.41) is 29.9. The molecule has 1 aromatic heterocycles. The molecule has 0 saturated heterocycles. The van der Waals surface area contributed by atoms with Crippen LogP contribution in [0.15, 0.2) is 54.6 Å². The van der Waals surface area contributed by atoms with Gasteiger partial charge in [-0.15, -0.1) is 0 Å². The Morgan fingerprint density at radius 3 is 2.31 bits per heavy atom. The molecule has 3 N–H and O–H groups in total. The fourth-order valence-corrected chi connectivity index (χ4v) is 3.77. The van der Waals surface area contributed by atoms with Crippen molar-refractivity contribution in [3.8, 4) is 11.1 Å². The van der Waals surface area contributed by atoms with E-state index in [1.165, 1.54) is 12.1 Å². The van der Waals surface area contributed by atoms with Crippen molar-refractivity contribution in [1.82, 2.24) is 4.57 Å². The van der Waals surface area contributed by atoms with Crippen LogP contribution in [0.3, 0.4) is 0 Å². The Bertz CT molecular complexity index is 1070. The predicted octanol–water partition coefficient (Wildman–Crippen LogP) is -1.14. The number of nitrogens with zero attached hydrogens (tertiary/aromatic N) is 1. The van der Waals surface area contributed by atoms with Crippen LogP contribution in [-0.4, -0.2) is 38.1 Å². The van der Waals surface area contributed by atoms with E-state index in [4.69, 9.17) is 5.11 Å². The molecule has 0 saturated carbocycles. The number of para-hydroxylation sites is 1. The van der Waals surface area contributed by atoms with Gasteiger partial charge in [0.2, 0.25) is 0 Å². The minimum absolute atomic E-state index is 0. The van der Waals surface area contributed by atoms with Gasteiger partial charge in [0, 0.05) is 34.6 Å². The van der Waals surface area contributed by atoms with Crippen LogP contribution in [0.4, 0.5) is 4.39 Å². The molecule has 2 aromatic carbocycles. The molecule has 3 rings (SSSR count). The van der Waals surface area contributed by atoms with E-state index in [2.05, 4.69) is 18.4 Å². The van der Waals surface area contributed by atoms with Crippen LogP contribution < -0.4 is 59.1 Å². The Hall–Kier alpha value is -0.960. The number of carboxylic acids is 1. The van der Waals surface area contributed by atoms with Crippen LogP contribution in [0, 0.1) is 5.82 Å². The Labute approximate surface area is 234 Å². The van der Waals surface area contributed by atoms with Gasteiger partial charge >= 0.3 is 65.1 Å². The third kappa shape index (κ3) is 7.02. The molecule has 1 heterocycles. The van der Waals surface area contributed by atoms with Crippen LogP contribution in [0.25, 0.3) is 28.1 Å². The molecule has 162 valence electrons. The zero-order chi connectivity index (χ0) is 21.8. The molecule has 3 aromatic rings. The van der Waals surface area contributed by atoms with E-state index in [9.17, 15) is 19.4 Å². The number of aliphatic carboxylic acids is 1. The van der Waals surface area contributed by atoms with Crippen molar-refractivity contribution in [2.75, 3.05) is 0 Å². The number of rotatable bonds is 8. The number of benzene rings is 2. The largest absolute Gasteiger partial charge is 1.00 e. The van der Waals surface area contributed by atoms with Gasteiger partial charge in [-0.25, -0.2) is 4.39 Å². The van der Waals surface area contributed by atoms with E-state index in [0.29, 0.717) is 0 Å². The van der Waals surface area contributed by atoms with Crippen molar-refractivity contribution < 1.29 is 86.5 Å². The third-order valence-corrected chi connectivity index (χ3v) is 5.00. The SMILES string of the molecule is CC(C)n1c(/C=C/C(O)CC(O)CC(=O)O)c(-c2ccc(F)cc2)c2ccccc21.[H-].[H-].[Na+].[Na+]. The van der Waals surface area contributed by atoms with E-state index < -0.39 is 24.6 Å². The summed E-state index contributed by atoms with van der Waals surface area (Å²) in [6, 6.07) is 14.4. The second kappa shape index (κ2) is 13.1. The molecule has 2 unspecified atom stereocenters. The average molecular weight is 459 g/mol. The first kappa shape index (κ1) is 29.1.